The topological polar surface area (TPSA) is 283 Å². The van der Waals surface area contributed by atoms with Gasteiger partial charge in [0.1, 0.15) is 29.8 Å². The van der Waals surface area contributed by atoms with Crippen molar-refractivity contribution in [2.45, 2.75) is 143 Å². The van der Waals surface area contributed by atoms with Crippen molar-refractivity contribution < 1.29 is 70.4 Å². The minimum Gasteiger partial charge on any atom is -0.444 e. The Morgan fingerprint density at radius 1 is 0.710 bits per heavy atom. The number of carbonyl (C=O) groups excluding carboxylic acids is 6. The molecule has 0 fully saturated rings. The summed E-state index contributed by atoms with van der Waals surface area (Å²) in [6.45, 7) is 15.5. The van der Waals surface area contributed by atoms with E-state index in [1.54, 1.807) is 55.4 Å². The Morgan fingerprint density at radius 3 is 1.66 bits per heavy atom. The number of amides is 5. The lowest BCUT2D eigenvalue weighted by molar-refractivity contribution is -0.143. The van der Waals surface area contributed by atoms with Crippen LogP contribution in [0.5, 0.6) is 5.75 Å². The number of carbonyl (C=O) groups is 6. The minimum absolute atomic E-state index is 0.00548. The van der Waals surface area contributed by atoms with Gasteiger partial charge in [-0.05, 0) is 64.7 Å². The number of nitrogens with two attached hydrogens (primary N) is 1. The van der Waals surface area contributed by atoms with E-state index in [-0.39, 0.29) is 38.1 Å². The van der Waals surface area contributed by atoms with Crippen LogP contribution in [0.2, 0.25) is 0 Å². The Bertz CT molecular complexity index is 1740. The highest BCUT2D eigenvalue weighted by Gasteiger charge is 2.39. The molecule has 0 bridgehead atoms. The van der Waals surface area contributed by atoms with E-state index in [1.165, 1.54) is 6.92 Å². The third-order valence-electron chi connectivity index (χ3n) is 9.14. The van der Waals surface area contributed by atoms with Gasteiger partial charge in [0.25, 0.3) is 0 Å². The predicted molar refractivity (Wildman–Crippen MR) is 213 cm³/mol. The van der Waals surface area contributed by atoms with Crippen molar-refractivity contribution in [2.24, 2.45) is 23.5 Å². The first-order valence-electron chi connectivity index (χ1n) is 19.9. The molecule has 352 valence electrons. The van der Waals surface area contributed by atoms with E-state index in [4.69, 9.17) is 15.9 Å². The predicted octanol–water partition coefficient (Wildman–Crippen LogP) is 1.87. The van der Waals surface area contributed by atoms with Crippen LogP contribution in [0.15, 0.2) is 0 Å². The molecular weight excluding hydrogens is 835 g/mol. The highest BCUT2D eigenvalue weighted by Crippen LogP contribution is 2.29. The van der Waals surface area contributed by atoms with Crippen molar-refractivity contribution >= 4 is 41.7 Å². The number of hydrogen-bond donors (Lipinski definition) is 10. The number of halogens is 5. The van der Waals surface area contributed by atoms with Crippen LogP contribution >= 0.6 is 0 Å². The molecule has 1 unspecified atom stereocenters. The maximum atomic E-state index is 14.3. The molecule has 8 atom stereocenters. The summed E-state index contributed by atoms with van der Waals surface area (Å²) in [4.78, 5) is 80.8. The number of aliphatic hydroxyl groups excluding tert-OH is 2. The van der Waals surface area contributed by atoms with Crippen molar-refractivity contribution in [1.82, 2.24) is 31.9 Å². The molecule has 18 nitrogen and oxygen atoms in total. The highest BCUT2D eigenvalue weighted by molar-refractivity contribution is 5.96. The summed E-state index contributed by atoms with van der Waals surface area (Å²) in [5, 5.41) is 43.1. The number of rotatable bonds is 22. The van der Waals surface area contributed by atoms with Crippen LogP contribution in [-0.4, -0.2) is 106 Å². The molecule has 62 heavy (non-hydrogen) atoms. The van der Waals surface area contributed by atoms with Gasteiger partial charge >= 0.3 is 12.1 Å². The van der Waals surface area contributed by atoms with Crippen LogP contribution < -0.4 is 42.4 Å². The summed E-state index contributed by atoms with van der Waals surface area (Å²) in [5.41, 5.74) is 4.40. The quantitative estimate of drug-likeness (QED) is 0.0117. The zero-order valence-corrected chi connectivity index (χ0v) is 36.4. The molecule has 0 aliphatic carbocycles. The number of benzene rings is 1. The van der Waals surface area contributed by atoms with E-state index >= 15 is 0 Å². The molecule has 0 aliphatic rings. The normalized spacial score (nSPS) is 15.5. The van der Waals surface area contributed by atoms with Gasteiger partial charge < -0.3 is 57.3 Å². The first kappa shape index (κ1) is 54.7. The number of guanidine groups is 1. The fourth-order valence-electron chi connectivity index (χ4n) is 5.57. The zero-order chi connectivity index (χ0) is 48.0. The smallest absolute Gasteiger partial charge is 0.408 e. The van der Waals surface area contributed by atoms with Gasteiger partial charge in [-0.3, -0.25) is 24.6 Å². The van der Waals surface area contributed by atoms with Crippen molar-refractivity contribution in [3.63, 3.8) is 0 Å². The van der Waals surface area contributed by atoms with E-state index in [2.05, 4.69) is 36.6 Å². The summed E-state index contributed by atoms with van der Waals surface area (Å²) >= 11 is 0. The van der Waals surface area contributed by atoms with Crippen LogP contribution in [0.3, 0.4) is 0 Å². The van der Waals surface area contributed by atoms with E-state index in [0.29, 0.717) is 0 Å². The van der Waals surface area contributed by atoms with Gasteiger partial charge in [-0.25, -0.2) is 22.8 Å². The maximum Gasteiger partial charge on any atom is 0.408 e. The SMILES string of the molecule is CCC(C)[C@H](NC(=O)[C@@H](CCCNC(=N)N)NC(=O)[C@H](CC(C)C)NC(=O)[C@@H](NC(=O)OC(C)(C)C)[C@H](O)C(C)C)C(=O)N[C@H](C(=O)Oc1c(F)c(F)c(F)c(F)c1F)[C@H](C)O. The summed E-state index contributed by atoms with van der Waals surface area (Å²) in [6.07, 6.45) is -4.23. The average Bonchev–Trinajstić information content (AvgIpc) is 3.16. The highest BCUT2D eigenvalue weighted by atomic mass is 19.2. The summed E-state index contributed by atoms with van der Waals surface area (Å²) in [5.74, 6) is -22.2. The van der Waals surface area contributed by atoms with Crippen molar-refractivity contribution in [2.75, 3.05) is 6.54 Å². The molecule has 5 amide bonds. The third-order valence-corrected chi connectivity index (χ3v) is 9.14. The standard InChI is InChI=1S/C39H61F5N8O10/c1-11-18(6)27(34(57)51-28(19(7)53)36(59)61-31-25(43)23(41)22(40)24(42)26(31)44)50-32(55)20(13-12-14-47-37(45)46)48-33(56)21(15-16(2)3)49-35(58)29(30(54)17(4)5)52-38(60)62-39(8,9)10/h16-21,27-30,53-54H,11-15H2,1-10H3,(H,48,56)(H,49,58)(H,50,55)(H,51,57)(H,52,60)(H4,45,46,47)/t18?,19-,20+,21-,27-,28-,29-,30+/m0/s1. The molecule has 0 saturated carbocycles. The fourth-order valence-corrected chi connectivity index (χ4v) is 5.57. The summed E-state index contributed by atoms with van der Waals surface area (Å²) in [7, 11) is 0. The lowest BCUT2D eigenvalue weighted by atomic mass is 9.96. The Hall–Kier alpha value is -5.32. The second-order valence-corrected chi connectivity index (χ2v) is 16.5. The summed E-state index contributed by atoms with van der Waals surface area (Å²) in [6, 6.07) is -8.16. The molecule has 0 aromatic heterocycles. The van der Waals surface area contributed by atoms with Crippen LogP contribution in [0, 0.1) is 52.2 Å². The van der Waals surface area contributed by atoms with Gasteiger partial charge in [-0.1, -0.05) is 48.0 Å². The molecule has 23 heteroatoms. The first-order valence-corrected chi connectivity index (χ1v) is 19.9. The third kappa shape index (κ3) is 16.9. The minimum atomic E-state index is -2.53. The molecule has 11 N–H and O–H groups in total. The number of ether oxygens (including phenoxy) is 2. The average molecular weight is 897 g/mol. The second kappa shape index (κ2) is 24.4. The fraction of sp³-hybridized carbons (Fsp3) is 0.667. The van der Waals surface area contributed by atoms with Gasteiger partial charge in [-0.15, -0.1) is 0 Å². The van der Waals surface area contributed by atoms with Gasteiger partial charge in [-0.2, -0.15) is 8.78 Å². The Morgan fingerprint density at radius 2 is 1.19 bits per heavy atom. The second-order valence-electron chi connectivity index (χ2n) is 16.5. The molecule has 1 aromatic carbocycles. The van der Waals surface area contributed by atoms with Crippen LogP contribution in [0.4, 0.5) is 26.7 Å². The van der Waals surface area contributed by atoms with Gasteiger partial charge in [0.2, 0.25) is 58.5 Å². The Labute approximate surface area is 356 Å². The molecule has 1 rings (SSSR count). The van der Waals surface area contributed by atoms with Crippen molar-refractivity contribution in [1.29, 1.82) is 5.41 Å². The molecule has 0 spiro atoms. The molecular formula is C39H61F5N8O10. The number of hydrogen-bond acceptors (Lipinski definition) is 11. The van der Waals surface area contributed by atoms with Crippen LogP contribution in [0.1, 0.15) is 94.9 Å². The van der Waals surface area contributed by atoms with Crippen LogP contribution in [0.25, 0.3) is 0 Å². The number of nitrogens with one attached hydrogen (secondary N) is 7. The van der Waals surface area contributed by atoms with Gasteiger partial charge in [0.15, 0.2) is 12.0 Å². The van der Waals surface area contributed by atoms with Crippen molar-refractivity contribution in [3.8, 4) is 5.75 Å². The summed E-state index contributed by atoms with van der Waals surface area (Å²) < 4.78 is 79.4. The van der Waals surface area contributed by atoms with Crippen molar-refractivity contribution in [3.05, 3.63) is 29.1 Å². The first-order chi connectivity index (χ1) is 28.5. The molecule has 0 aliphatic heterocycles. The number of aliphatic hydroxyl groups is 2. The van der Waals surface area contributed by atoms with Crippen LogP contribution in [-0.2, 0) is 28.7 Å². The maximum absolute atomic E-state index is 14.3. The Kier molecular flexibility index (Phi) is 21.5. The number of alkyl carbamates (subject to hydrolysis) is 1. The van der Waals surface area contributed by atoms with E-state index in [0.717, 1.165) is 6.92 Å². The van der Waals surface area contributed by atoms with E-state index < -0.39 is 136 Å². The Balaban J connectivity index is 3.50. The van der Waals surface area contributed by atoms with E-state index in [9.17, 15) is 60.9 Å². The monoisotopic (exact) mass is 896 g/mol. The molecule has 0 heterocycles. The lowest BCUT2D eigenvalue weighted by Crippen LogP contribution is -2.61. The molecule has 0 radical (unpaired) electrons. The molecule has 1 aromatic rings. The van der Waals surface area contributed by atoms with E-state index in [1.807, 2.05) is 0 Å². The molecule has 0 saturated heterocycles. The lowest BCUT2D eigenvalue weighted by Gasteiger charge is -2.31. The number of esters is 1. The largest absolute Gasteiger partial charge is 0.444 e. The van der Waals surface area contributed by atoms with Gasteiger partial charge in [0, 0.05) is 6.54 Å². The van der Waals surface area contributed by atoms with Gasteiger partial charge in [0.05, 0.1) is 12.2 Å². The zero-order valence-electron chi connectivity index (χ0n) is 36.4.